The van der Waals surface area contributed by atoms with E-state index in [4.69, 9.17) is 9.47 Å². The van der Waals surface area contributed by atoms with E-state index in [0.717, 1.165) is 6.54 Å². The van der Waals surface area contributed by atoms with Crippen LogP contribution in [0.25, 0.3) is 0 Å². The first kappa shape index (κ1) is 12.6. The minimum atomic E-state index is -0.276. The third kappa shape index (κ3) is 2.00. The number of methoxy groups -OCH3 is 1. The summed E-state index contributed by atoms with van der Waals surface area (Å²) in [7, 11) is 1.71. The molecule has 0 bridgehead atoms. The van der Waals surface area contributed by atoms with E-state index in [1.165, 1.54) is 11.3 Å². The maximum absolute atomic E-state index is 6.26. The van der Waals surface area contributed by atoms with Crippen LogP contribution in [-0.2, 0) is 21.6 Å². The molecule has 1 aliphatic rings. The van der Waals surface area contributed by atoms with Gasteiger partial charge in [-0.25, -0.2) is 0 Å². The van der Waals surface area contributed by atoms with Crippen LogP contribution in [0.15, 0.2) is 6.20 Å². The molecular weight excluding hydrogens is 216 g/mol. The lowest BCUT2D eigenvalue weighted by Crippen LogP contribution is -2.46. The molecule has 4 nitrogen and oxygen atoms in total. The Hall–Kier alpha value is -0.870. The molecule has 0 N–H and O–H groups in total. The minimum absolute atomic E-state index is 0.0826. The first-order valence-corrected chi connectivity index (χ1v) is 6.18. The number of aryl methyl sites for hydroxylation is 1. The molecule has 2 atom stereocenters. The van der Waals surface area contributed by atoms with Gasteiger partial charge in [0.2, 0.25) is 0 Å². The Labute approximate surface area is 103 Å². The Morgan fingerprint density at radius 2 is 2.35 bits per heavy atom. The predicted octanol–water partition coefficient (Wildman–Crippen LogP) is 2.11. The van der Waals surface area contributed by atoms with E-state index in [9.17, 15) is 0 Å². The summed E-state index contributed by atoms with van der Waals surface area (Å²) >= 11 is 0. The zero-order valence-corrected chi connectivity index (χ0v) is 11.4. The number of rotatable bonds is 3. The summed E-state index contributed by atoms with van der Waals surface area (Å²) in [6.07, 6.45) is 2.01. The van der Waals surface area contributed by atoms with Crippen molar-refractivity contribution >= 4 is 0 Å². The number of fused-ring (bicyclic) bond motifs is 1. The quantitative estimate of drug-likeness (QED) is 0.809. The van der Waals surface area contributed by atoms with Gasteiger partial charge in [-0.2, -0.15) is 5.10 Å². The van der Waals surface area contributed by atoms with Crippen LogP contribution in [0.4, 0.5) is 0 Å². The molecule has 96 valence electrons. The third-order valence-electron chi connectivity index (χ3n) is 3.73. The largest absolute Gasteiger partial charge is 0.382 e. The van der Waals surface area contributed by atoms with Crippen molar-refractivity contribution in [2.45, 2.75) is 45.9 Å². The van der Waals surface area contributed by atoms with Gasteiger partial charge in [0.25, 0.3) is 0 Å². The van der Waals surface area contributed by atoms with Crippen LogP contribution in [0.1, 0.15) is 32.0 Å². The fraction of sp³-hybridized carbons (Fsp3) is 0.769. The van der Waals surface area contributed by atoms with Crippen LogP contribution >= 0.6 is 0 Å². The Morgan fingerprint density at radius 3 is 2.94 bits per heavy atom. The van der Waals surface area contributed by atoms with E-state index in [1.54, 1.807) is 7.11 Å². The summed E-state index contributed by atoms with van der Waals surface area (Å²) in [5, 5.41) is 4.45. The summed E-state index contributed by atoms with van der Waals surface area (Å²) < 4.78 is 13.5. The molecular formula is C13H22N2O2. The van der Waals surface area contributed by atoms with Crippen molar-refractivity contribution in [1.82, 2.24) is 9.78 Å². The number of aromatic nitrogens is 2. The number of ether oxygens (including phenoxy) is 2. The second kappa shape index (κ2) is 4.42. The summed E-state index contributed by atoms with van der Waals surface area (Å²) in [6, 6.07) is 0. The van der Waals surface area contributed by atoms with Crippen molar-refractivity contribution < 1.29 is 9.47 Å². The van der Waals surface area contributed by atoms with Crippen molar-refractivity contribution in [2.75, 3.05) is 13.7 Å². The van der Waals surface area contributed by atoms with E-state index in [2.05, 4.69) is 37.5 Å². The van der Waals surface area contributed by atoms with Gasteiger partial charge in [0.15, 0.2) is 0 Å². The van der Waals surface area contributed by atoms with Crippen molar-refractivity contribution in [3.63, 3.8) is 0 Å². The smallest absolute Gasteiger partial charge is 0.110 e. The maximum atomic E-state index is 6.26. The average molecular weight is 238 g/mol. The molecule has 0 aromatic carbocycles. The molecule has 0 fully saturated rings. The van der Waals surface area contributed by atoms with Crippen molar-refractivity contribution in [3.05, 3.63) is 17.5 Å². The van der Waals surface area contributed by atoms with Crippen molar-refractivity contribution in [3.8, 4) is 0 Å². The van der Waals surface area contributed by atoms with Crippen molar-refractivity contribution in [2.24, 2.45) is 5.92 Å². The molecule has 0 radical (unpaired) electrons. The molecule has 17 heavy (non-hydrogen) atoms. The Bertz CT molecular complexity index is 400. The Morgan fingerprint density at radius 1 is 1.65 bits per heavy atom. The number of hydrogen-bond acceptors (Lipinski definition) is 3. The molecule has 1 aromatic rings. The molecule has 0 saturated heterocycles. The SMILES string of the molecule is COCC1Cn2ncc(C)c2C(C)(C(C)C)O1. The lowest BCUT2D eigenvalue weighted by molar-refractivity contribution is -0.161. The number of nitrogens with zero attached hydrogens (tertiary/aromatic N) is 2. The molecule has 2 rings (SSSR count). The van der Waals surface area contributed by atoms with Gasteiger partial charge in [0.1, 0.15) is 11.7 Å². The highest BCUT2D eigenvalue weighted by Crippen LogP contribution is 2.39. The standard InChI is InChI=1S/C13H22N2O2/c1-9(2)13(4)12-10(3)6-14-15(12)7-11(17-13)8-16-5/h6,9,11H,7-8H2,1-5H3. The summed E-state index contributed by atoms with van der Waals surface area (Å²) in [5.74, 6) is 0.399. The van der Waals surface area contributed by atoms with Gasteiger partial charge < -0.3 is 9.47 Å². The molecule has 1 aromatic heterocycles. The fourth-order valence-corrected chi connectivity index (χ4v) is 2.58. The predicted molar refractivity (Wildman–Crippen MR) is 65.9 cm³/mol. The average Bonchev–Trinajstić information content (AvgIpc) is 2.61. The van der Waals surface area contributed by atoms with Gasteiger partial charge in [-0.3, -0.25) is 4.68 Å². The molecule has 2 heterocycles. The third-order valence-corrected chi connectivity index (χ3v) is 3.73. The molecule has 0 aliphatic carbocycles. The second-order valence-corrected chi connectivity index (χ2v) is 5.32. The van der Waals surface area contributed by atoms with Crippen LogP contribution in [-0.4, -0.2) is 29.6 Å². The van der Waals surface area contributed by atoms with Crippen LogP contribution in [0.2, 0.25) is 0 Å². The highest BCUT2D eigenvalue weighted by Gasteiger charge is 2.42. The van der Waals surface area contributed by atoms with E-state index < -0.39 is 0 Å². The highest BCUT2D eigenvalue weighted by atomic mass is 16.5. The van der Waals surface area contributed by atoms with Gasteiger partial charge in [-0.1, -0.05) is 13.8 Å². The highest BCUT2D eigenvalue weighted by molar-refractivity contribution is 5.24. The summed E-state index contributed by atoms with van der Waals surface area (Å²) in [5.41, 5.74) is 2.14. The summed E-state index contributed by atoms with van der Waals surface area (Å²) in [6.45, 7) is 10.0. The maximum Gasteiger partial charge on any atom is 0.110 e. The van der Waals surface area contributed by atoms with Gasteiger partial charge >= 0.3 is 0 Å². The monoisotopic (exact) mass is 238 g/mol. The first-order chi connectivity index (χ1) is 7.99. The zero-order valence-electron chi connectivity index (χ0n) is 11.4. The van der Waals surface area contributed by atoms with Crippen LogP contribution in [0.3, 0.4) is 0 Å². The van der Waals surface area contributed by atoms with Gasteiger partial charge in [0.05, 0.1) is 25.0 Å². The molecule has 0 spiro atoms. The van der Waals surface area contributed by atoms with E-state index in [0.29, 0.717) is 12.5 Å². The van der Waals surface area contributed by atoms with Crippen molar-refractivity contribution in [1.29, 1.82) is 0 Å². The Balaban J connectivity index is 2.41. The normalized spacial score (nSPS) is 28.5. The zero-order chi connectivity index (χ0) is 12.6. The lowest BCUT2D eigenvalue weighted by atomic mass is 9.85. The molecule has 1 aliphatic heterocycles. The molecule has 4 heteroatoms. The van der Waals surface area contributed by atoms with Crippen LogP contribution < -0.4 is 0 Å². The first-order valence-electron chi connectivity index (χ1n) is 6.18. The van der Waals surface area contributed by atoms with Crippen LogP contribution in [0, 0.1) is 12.8 Å². The minimum Gasteiger partial charge on any atom is -0.382 e. The van der Waals surface area contributed by atoms with Gasteiger partial charge in [0, 0.05) is 7.11 Å². The molecule has 2 unspecified atom stereocenters. The fourth-order valence-electron chi connectivity index (χ4n) is 2.58. The van der Waals surface area contributed by atoms with E-state index in [1.807, 2.05) is 6.20 Å². The van der Waals surface area contributed by atoms with E-state index in [-0.39, 0.29) is 11.7 Å². The lowest BCUT2D eigenvalue weighted by Gasteiger charge is -2.42. The Kier molecular flexibility index (Phi) is 3.27. The topological polar surface area (TPSA) is 36.3 Å². The number of hydrogen-bond donors (Lipinski definition) is 0. The summed E-state index contributed by atoms with van der Waals surface area (Å²) in [4.78, 5) is 0. The van der Waals surface area contributed by atoms with Gasteiger partial charge in [-0.05, 0) is 25.3 Å². The van der Waals surface area contributed by atoms with Crippen LogP contribution in [0.5, 0.6) is 0 Å². The second-order valence-electron chi connectivity index (χ2n) is 5.32. The molecule has 0 saturated carbocycles. The van der Waals surface area contributed by atoms with E-state index >= 15 is 0 Å². The van der Waals surface area contributed by atoms with Gasteiger partial charge in [-0.15, -0.1) is 0 Å². The molecule has 0 amide bonds.